The van der Waals surface area contributed by atoms with Gasteiger partial charge in [-0.05, 0) is 22.9 Å². The van der Waals surface area contributed by atoms with Gasteiger partial charge in [0.25, 0.3) is 7.82 Å². The van der Waals surface area contributed by atoms with E-state index in [1.165, 1.54) is 18.2 Å². The summed E-state index contributed by atoms with van der Waals surface area (Å²) in [5.41, 5.74) is 0. The Hall–Kier alpha value is -1.05. The van der Waals surface area contributed by atoms with Crippen LogP contribution in [0.15, 0.2) is 42.5 Å². The molecular formula is C10H7O10P3-4. The maximum Gasteiger partial charge on any atom is 0.326 e. The molecule has 0 aromatic heterocycles. The molecule has 2 aromatic carbocycles. The summed E-state index contributed by atoms with van der Waals surface area (Å²) in [7, 11) is -17.5. The lowest BCUT2D eigenvalue weighted by Crippen LogP contribution is -2.20. The zero-order valence-electron chi connectivity index (χ0n) is 11.0. The highest BCUT2D eigenvalue weighted by Crippen LogP contribution is 2.60. The summed E-state index contributed by atoms with van der Waals surface area (Å²) in [4.78, 5) is 42.9. The fourth-order valence-electron chi connectivity index (χ4n) is 1.63. The second kappa shape index (κ2) is 6.45. The maximum absolute atomic E-state index is 11.5. The van der Waals surface area contributed by atoms with Gasteiger partial charge in [-0.2, -0.15) is 0 Å². The minimum Gasteiger partial charge on any atom is -0.790 e. The molecule has 2 rings (SSSR count). The van der Waals surface area contributed by atoms with Crippen LogP contribution in [0.2, 0.25) is 0 Å². The van der Waals surface area contributed by atoms with Crippen molar-refractivity contribution in [3.8, 4) is 5.75 Å². The highest BCUT2D eigenvalue weighted by Gasteiger charge is 2.22. The molecule has 2 unspecified atom stereocenters. The molecule has 0 saturated carbocycles. The van der Waals surface area contributed by atoms with Gasteiger partial charge in [-0.25, -0.2) is 4.31 Å². The molecular weight excluding hydrogens is 373 g/mol. The molecule has 0 N–H and O–H groups in total. The number of benzene rings is 2. The molecule has 0 aliphatic heterocycles. The average molecular weight is 380 g/mol. The molecule has 0 heterocycles. The van der Waals surface area contributed by atoms with Gasteiger partial charge in [-0.3, -0.25) is 13.4 Å². The van der Waals surface area contributed by atoms with E-state index in [2.05, 4.69) is 13.1 Å². The summed E-state index contributed by atoms with van der Waals surface area (Å²) in [5.74, 6) is -0.283. The van der Waals surface area contributed by atoms with E-state index in [4.69, 9.17) is 0 Å². The van der Waals surface area contributed by atoms with Crippen LogP contribution in [0.5, 0.6) is 5.75 Å². The Kier molecular flexibility index (Phi) is 5.13. The predicted molar refractivity (Wildman–Crippen MR) is 69.6 cm³/mol. The van der Waals surface area contributed by atoms with Crippen molar-refractivity contribution >= 4 is 34.2 Å². The van der Waals surface area contributed by atoms with Gasteiger partial charge in [0.15, 0.2) is 0 Å². The Balaban J connectivity index is 2.17. The summed E-state index contributed by atoms with van der Waals surface area (Å²) in [6.45, 7) is 0. The van der Waals surface area contributed by atoms with Crippen molar-refractivity contribution in [2.24, 2.45) is 0 Å². The molecule has 0 fully saturated rings. The van der Waals surface area contributed by atoms with Crippen LogP contribution in [0.4, 0.5) is 0 Å². The number of phosphoric ester groups is 1. The van der Waals surface area contributed by atoms with Crippen molar-refractivity contribution in [2.45, 2.75) is 0 Å². The van der Waals surface area contributed by atoms with E-state index >= 15 is 0 Å². The number of phosphoric acid groups is 3. The zero-order valence-corrected chi connectivity index (χ0v) is 13.6. The predicted octanol–water partition coefficient (Wildman–Crippen LogP) is 0.0173. The SMILES string of the molecule is O=P([O-])([O-])OP(=O)([O-])OP(=O)([O-])Oc1ccc2ccccc2c1. The Bertz CT molecular complexity index is 859. The van der Waals surface area contributed by atoms with Gasteiger partial charge < -0.3 is 28.7 Å². The van der Waals surface area contributed by atoms with Crippen molar-refractivity contribution < 1.29 is 46.4 Å². The Morgan fingerprint density at radius 1 is 0.739 bits per heavy atom. The highest BCUT2D eigenvalue weighted by atomic mass is 31.3. The smallest absolute Gasteiger partial charge is 0.326 e. The van der Waals surface area contributed by atoms with E-state index in [1.807, 2.05) is 0 Å². The molecule has 2 atom stereocenters. The molecule has 0 saturated heterocycles. The fourth-order valence-corrected chi connectivity index (χ4v) is 4.48. The summed E-state index contributed by atoms with van der Waals surface area (Å²) in [6.07, 6.45) is 0. The molecule has 2 aromatic rings. The van der Waals surface area contributed by atoms with Crippen LogP contribution in [0.1, 0.15) is 0 Å². The third-order valence-corrected chi connectivity index (χ3v) is 5.97. The minimum absolute atomic E-state index is 0.283. The molecule has 0 spiro atoms. The fraction of sp³-hybridized carbons (Fsp3) is 0. The van der Waals surface area contributed by atoms with Crippen molar-refractivity contribution in [2.75, 3.05) is 0 Å². The quantitative estimate of drug-likeness (QED) is 0.622. The largest absolute Gasteiger partial charge is 0.790 e. The van der Waals surface area contributed by atoms with Gasteiger partial charge in [0.05, 0.1) is 7.82 Å². The van der Waals surface area contributed by atoms with E-state index in [1.54, 1.807) is 24.3 Å². The topological polar surface area (TPSA) is 171 Å². The van der Waals surface area contributed by atoms with E-state index in [0.717, 1.165) is 5.39 Å². The highest BCUT2D eigenvalue weighted by molar-refractivity contribution is 7.65. The van der Waals surface area contributed by atoms with Gasteiger partial charge in [-0.15, -0.1) is 0 Å². The molecule has 0 bridgehead atoms. The zero-order chi connectivity index (χ0) is 17.3. The maximum atomic E-state index is 11.5. The number of rotatable bonds is 6. The third-order valence-electron chi connectivity index (χ3n) is 2.34. The second-order valence-electron chi connectivity index (χ2n) is 4.11. The van der Waals surface area contributed by atoms with Crippen LogP contribution in [-0.2, 0) is 22.3 Å². The van der Waals surface area contributed by atoms with Crippen molar-refractivity contribution in [3.05, 3.63) is 42.5 Å². The number of hydrogen-bond donors (Lipinski definition) is 0. The molecule has 0 radical (unpaired) electrons. The Morgan fingerprint density at radius 2 is 1.35 bits per heavy atom. The van der Waals surface area contributed by atoms with Gasteiger partial charge in [0.2, 0.25) is 0 Å². The summed E-state index contributed by atoms with van der Waals surface area (Å²) < 4.78 is 43.6. The number of fused-ring (bicyclic) bond motifs is 1. The lowest BCUT2D eigenvalue weighted by atomic mass is 10.1. The van der Waals surface area contributed by atoms with Crippen LogP contribution >= 0.6 is 23.5 Å². The van der Waals surface area contributed by atoms with Crippen LogP contribution < -0.4 is 24.1 Å². The second-order valence-corrected chi connectivity index (χ2v) is 8.28. The van der Waals surface area contributed by atoms with Crippen molar-refractivity contribution in [1.82, 2.24) is 0 Å². The summed E-state index contributed by atoms with van der Waals surface area (Å²) >= 11 is 0. The standard InChI is InChI=1S/C10H11O10P3/c11-21(12,13)19-23(16,17)20-22(14,15)18-10-6-5-8-3-1-2-4-9(8)7-10/h1-7H,(H,14,15)(H,16,17)(H2,11,12,13)/p-4. The van der Waals surface area contributed by atoms with Crippen LogP contribution in [0.25, 0.3) is 10.8 Å². The first-order valence-electron chi connectivity index (χ1n) is 5.71. The molecule has 0 aliphatic rings. The van der Waals surface area contributed by atoms with E-state index in [9.17, 15) is 33.3 Å². The van der Waals surface area contributed by atoms with Crippen LogP contribution in [0.3, 0.4) is 0 Å². The van der Waals surface area contributed by atoms with Crippen molar-refractivity contribution in [1.29, 1.82) is 0 Å². The Morgan fingerprint density at radius 3 is 1.96 bits per heavy atom. The lowest BCUT2D eigenvalue weighted by molar-refractivity contribution is -0.339. The average Bonchev–Trinajstić information content (AvgIpc) is 2.33. The Labute approximate surface area is 129 Å². The third kappa shape index (κ3) is 5.82. The molecule has 126 valence electrons. The van der Waals surface area contributed by atoms with Gasteiger partial charge in [-0.1, -0.05) is 30.3 Å². The molecule has 0 amide bonds. The molecule has 13 heteroatoms. The first-order chi connectivity index (χ1) is 10.5. The lowest BCUT2D eigenvalue weighted by Gasteiger charge is -2.37. The molecule has 23 heavy (non-hydrogen) atoms. The van der Waals surface area contributed by atoms with Crippen molar-refractivity contribution in [3.63, 3.8) is 0 Å². The first-order valence-corrected chi connectivity index (χ1v) is 10.1. The normalized spacial score (nSPS) is 17.4. The number of hydrogen-bond acceptors (Lipinski definition) is 10. The van der Waals surface area contributed by atoms with E-state index in [0.29, 0.717) is 5.39 Å². The van der Waals surface area contributed by atoms with Crippen LogP contribution in [0, 0.1) is 0 Å². The molecule has 10 nitrogen and oxygen atoms in total. The summed E-state index contributed by atoms with van der Waals surface area (Å²) in [5, 5.41) is 1.35. The minimum atomic E-state index is -6.00. The monoisotopic (exact) mass is 380 g/mol. The molecule has 0 aliphatic carbocycles. The van der Waals surface area contributed by atoms with Gasteiger partial charge >= 0.3 is 7.82 Å². The van der Waals surface area contributed by atoms with Crippen LogP contribution in [-0.4, -0.2) is 0 Å². The first kappa shape index (κ1) is 18.3. The van der Waals surface area contributed by atoms with E-state index in [-0.39, 0.29) is 5.75 Å². The van der Waals surface area contributed by atoms with Gasteiger partial charge in [0.1, 0.15) is 5.75 Å². The summed E-state index contributed by atoms with van der Waals surface area (Å²) in [6, 6.07) is 10.8. The van der Waals surface area contributed by atoms with E-state index < -0.39 is 23.5 Å². The van der Waals surface area contributed by atoms with Gasteiger partial charge in [0, 0.05) is 0 Å².